The van der Waals surface area contributed by atoms with Gasteiger partial charge in [-0.3, -0.25) is 9.59 Å². The van der Waals surface area contributed by atoms with Gasteiger partial charge in [0.2, 0.25) is 11.8 Å². The van der Waals surface area contributed by atoms with Crippen molar-refractivity contribution in [3.8, 4) is 0 Å². The minimum atomic E-state index is -0.481. The molecule has 1 rings (SSSR count). The van der Waals surface area contributed by atoms with E-state index in [1.807, 2.05) is 6.92 Å². The van der Waals surface area contributed by atoms with E-state index in [0.29, 0.717) is 13.0 Å². The first kappa shape index (κ1) is 16.2. The lowest BCUT2D eigenvalue weighted by molar-refractivity contribution is -0.143. The monoisotopic (exact) mass is 263 g/mol. The molecule has 1 fully saturated rings. The lowest BCUT2D eigenvalue weighted by atomic mass is 10.00. The maximum absolute atomic E-state index is 12.0. The summed E-state index contributed by atoms with van der Waals surface area (Å²) in [6, 6.07) is -0.811. The normalized spacial score (nSPS) is 21.4. The summed E-state index contributed by atoms with van der Waals surface area (Å²) in [4.78, 5) is 25.3. The summed E-state index contributed by atoms with van der Waals surface area (Å²) in [5.74, 6) is -0.188. The molecule has 1 saturated heterocycles. The molecule has 0 aromatic rings. The summed E-state index contributed by atoms with van der Waals surface area (Å²) in [5, 5.41) is 2.60. The van der Waals surface area contributed by atoms with Crippen LogP contribution in [0, 0.1) is 0 Å². The second-order valence-corrected chi connectivity index (χ2v) is 4.17. The summed E-state index contributed by atoms with van der Waals surface area (Å²) in [6.45, 7) is 2.52. The summed E-state index contributed by atoms with van der Waals surface area (Å²) in [7, 11) is 1.60. The standard InChI is InChI=1S/C11H21N3O2.ClH/c1-3-8(12)11(16)14-7-5-4-6-9(14)10(15)13-2;/h8-9H,3-7,12H2,1-2H3,(H,13,15);1H/t8-,9?;/m0./s1. The van der Waals surface area contributed by atoms with E-state index in [2.05, 4.69) is 5.32 Å². The van der Waals surface area contributed by atoms with E-state index in [4.69, 9.17) is 5.73 Å². The SMILES string of the molecule is CC[C@H](N)C(=O)N1CCCCC1C(=O)NC.Cl. The van der Waals surface area contributed by atoms with Crippen LogP contribution >= 0.6 is 12.4 Å². The number of piperidine rings is 1. The van der Waals surface area contributed by atoms with E-state index < -0.39 is 6.04 Å². The van der Waals surface area contributed by atoms with Crippen LogP contribution in [-0.2, 0) is 9.59 Å². The van der Waals surface area contributed by atoms with Crippen molar-refractivity contribution in [3.05, 3.63) is 0 Å². The molecule has 2 amide bonds. The molecule has 3 N–H and O–H groups in total. The van der Waals surface area contributed by atoms with Gasteiger partial charge < -0.3 is 16.0 Å². The molecule has 0 aromatic heterocycles. The first-order chi connectivity index (χ1) is 7.61. The smallest absolute Gasteiger partial charge is 0.242 e. The molecule has 1 unspecified atom stereocenters. The predicted octanol–water partition coefficient (Wildman–Crippen LogP) is 0.273. The largest absolute Gasteiger partial charge is 0.357 e. The summed E-state index contributed by atoms with van der Waals surface area (Å²) in [5.41, 5.74) is 5.73. The Morgan fingerprint density at radius 1 is 1.47 bits per heavy atom. The third-order valence-electron chi connectivity index (χ3n) is 3.09. The fourth-order valence-electron chi connectivity index (χ4n) is 2.02. The molecule has 17 heavy (non-hydrogen) atoms. The third kappa shape index (κ3) is 3.85. The lowest BCUT2D eigenvalue weighted by Crippen LogP contribution is -2.55. The minimum Gasteiger partial charge on any atom is -0.357 e. The number of carbonyl (C=O) groups excluding carboxylic acids is 2. The number of nitrogens with two attached hydrogens (primary N) is 1. The van der Waals surface area contributed by atoms with Crippen molar-refractivity contribution >= 4 is 24.2 Å². The van der Waals surface area contributed by atoms with Crippen molar-refractivity contribution in [2.45, 2.75) is 44.7 Å². The van der Waals surface area contributed by atoms with E-state index in [1.54, 1.807) is 11.9 Å². The fourth-order valence-corrected chi connectivity index (χ4v) is 2.02. The minimum absolute atomic E-state index is 0. The van der Waals surface area contributed by atoms with Crippen molar-refractivity contribution in [2.75, 3.05) is 13.6 Å². The Bertz CT molecular complexity index is 273. The van der Waals surface area contributed by atoms with Crippen LogP contribution in [0.5, 0.6) is 0 Å². The number of halogens is 1. The van der Waals surface area contributed by atoms with Gasteiger partial charge in [0.05, 0.1) is 6.04 Å². The first-order valence-electron chi connectivity index (χ1n) is 5.89. The highest BCUT2D eigenvalue weighted by Gasteiger charge is 2.33. The fraction of sp³-hybridized carbons (Fsp3) is 0.818. The number of hydrogen-bond acceptors (Lipinski definition) is 3. The highest BCUT2D eigenvalue weighted by molar-refractivity contribution is 5.89. The molecule has 0 aromatic carbocycles. The molecule has 5 nitrogen and oxygen atoms in total. The van der Waals surface area contributed by atoms with Crippen molar-refractivity contribution < 1.29 is 9.59 Å². The van der Waals surface area contributed by atoms with E-state index in [1.165, 1.54) is 0 Å². The Balaban J connectivity index is 0.00000256. The van der Waals surface area contributed by atoms with Gasteiger partial charge in [0.25, 0.3) is 0 Å². The molecule has 2 atom stereocenters. The van der Waals surface area contributed by atoms with Gasteiger partial charge >= 0.3 is 0 Å². The third-order valence-corrected chi connectivity index (χ3v) is 3.09. The number of carbonyl (C=O) groups is 2. The Morgan fingerprint density at radius 3 is 2.65 bits per heavy atom. The molecule has 100 valence electrons. The van der Waals surface area contributed by atoms with Crippen LogP contribution in [0.25, 0.3) is 0 Å². The Hall–Kier alpha value is -0.810. The van der Waals surface area contributed by atoms with Gasteiger partial charge in [-0.05, 0) is 25.7 Å². The molecular formula is C11H22ClN3O2. The molecule has 6 heteroatoms. The van der Waals surface area contributed by atoms with Crippen LogP contribution in [0.2, 0.25) is 0 Å². The highest BCUT2D eigenvalue weighted by atomic mass is 35.5. The second-order valence-electron chi connectivity index (χ2n) is 4.17. The number of nitrogens with one attached hydrogen (secondary N) is 1. The molecule has 1 aliphatic heterocycles. The average molecular weight is 264 g/mol. The summed E-state index contributed by atoms with van der Waals surface area (Å²) < 4.78 is 0. The van der Waals surface area contributed by atoms with Gasteiger partial charge in [0.15, 0.2) is 0 Å². The predicted molar refractivity (Wildman–Crippen MR) is 68.9 cm³/mol. The summed E-state index contributed by atoms with van der Waals surface area (Å²) in [6.07, 6.45) is 3.29. The maximum Gasteiger partial charge on any atom is 0.242 e. The van der Waals surface area contributed by atoms with E-state index in [9.17, 15) is 9.59 Å². The van der Waals surface area contributed by atoms with Gasteiger partial charge in [-0.1, -0.05) is 6.92 Å². The van der Waals surface area contributed by atoms with E-state index in [0.717, 1.165) is 19.3 Å². The molecular weight excluding hydrogens is 242 g/mol. The molecule has 0 aliphatic carbocycles. The number of likely N-dealkylation sites (tertiary alicyclic amines) is 1. The topological polar surface area (TPSA) is 75.4 Å². The van der Waals surface area contributed by atoms with Crippen LogP contribution in [0.15, 0.2) is 0 Å². The first-order valence-corrected chi connectivity index (χ1v) is 5.89. The number of likely N-dealkylation sites (N-methyl/N-ethyl adjacent to an activating group) is 1. The number of hydrogen-bond donors (Lipinski definition) is 2. The van der Waals surface area contributed by atoms with Crippen molar-refractivity contribution in [2.24, 2.45) is 5.73 Å². The van der Waals surface area contributed by atoms with Gasteiger partial charge in [-0.25, -0.2) is 0 Å². The van der Waals surface area contributed by atoms with Crippen molar-refractivity contribution in [3.63, 3.8) is 0 Å². The second kappa shape index (κ2) is 7.50. The Morgan fingerprint density at radius 2 is 2.12 bits per heavy atom. The molecule has 0 bridgehead atoms. The Kier molecular flexibility index (Phi) is 7.15. The average Bonchev–Trinajstić information content (AvgIpc) is 2.35. The van der Waals surface area contributed by atoms with Crippen LogP contribution in [0.1, 0.15) is 32.6 Å². The van der Waals surface area contributed by atoms with Gasteiger partial charge in [-0.15, -0.1) is 12.4 Å². The van der Waals surface area contributed by atoms with Gasteiger partial charge in [0.1, 0.15) is 6.04 Å². The number of rotatable bonds is 3. The lowest BCUT2D eigenvalue weighted by Gasteiger charge is -2.35. The van der Waals surface area contributed by atoms with Crippen molar-refractivity contribution in [1.29, 1.82) is 0 Å². The highest BCUT2D eigenvalue weighted by Crippen LogP contribution is 2.18. The maximum atomic E-state index is 12.0. The van der Waals surface area contributed by atoms with Crippen LogP contribution in [-0.4, -0.2) is 42.4 Å². The van der Waals surface area contributed by atoms with Crippen LogP contribution in [0.3, 0.4) is 0 Å². The zero-order valence-electron chi connectivity index (χ0n) is 10.4. The molecule has 0 spiro atoms. The zero-order chi connectivity index (χ0) is 12.1. The van der Waals surface area contributed by atoms with Crippen molar-refractivity contribution in [1.82, 2.24) is 10.2 Å². The van der Waals surface area contributed by atoms with E-state index >= 15 is 0 Å². The molecule has 0 radical (unpaired) electrons. The molecule has 1 heterocycles. The zero-order valence-corrected chi connectivity index (χ0v) is 11.3. The quantitative estimate of drug-likeness (QED) is 0.768. The van der Waals surface area contributed by atoms with Gasteiger partial charge in [-0.2, -0.15) is 0 Å². The molecule has 0 saturated carbocycles. The van der Waals surface area contributed by atoms with E-state index in [-0.39, 0.29) is 30.3 Å². The number of amides is 2. The number of nitrogens with zero attached hydrogens (tertiary/aromatic N) is 1. The van der Waals surface area contributed by atoms with Crippen LogP contribution in [0.4, 0.5) is 0 Å². The Labute approximate surface area is 109 Å². The molecule has 1 aliphatic rings. The van der Waals surface area contributed by atoms with Crippen LogP contribution < -0.4 is 11.1 Å². The van der Waals surface area contributed by atoms with Gasteiger partial charge in [0, 0.05) is 13.6 Å². The summed E-state index contributed by atoms with van der Waals surface area (Å²) >= 11 is 0.